The summed E-state index contributed by atoms with van der Waals surface area (Å²) in [7, 11) is -3.48. The minimum atomic E-state index is -3.48. The summed E-state index contributed by atoms with van der Waals surface area (Å²) >= 11 is 4.89. The Bertz CT molecular complexity index is 684. The maximum Gasteiger partial charge on any atom is 0.240 e. The molecule has 0 saturated carbocycles. The lowest BCUT2D eigenvalue weighted by atomic mass is 10.2. The van der Waals surface area contributed by atoms with Crippen molar-refractivity contribution in [2.45, 2.75) is 24.7 Å². The number of hydrogen-bond donors (Lipinski definition) is 1. The van der Waals surface area contributed by atoms with Crippen molar-refractivity contribution < 1.29 is 8.42 Å². The topological polar surface area (TPSA) is 59.1 Å². The van der Waals surface area contributed by atoms with Gasteiger partial charge < -0.3 is 0 Å². The van der Waals surface area contributed by atoms with E-state index in [9.17, 15) is 8.42 Å². The molecule has 0 spiro atoms. The third kappa shape index (κ3) is 3.66. The average Bonchev–Trinajstić information content (AvgIpc) is 2.93. The Balaban J connectivity index is 2.09. The zero-order chi connectivity index (χ0) is 14.8. The van der Waals surface area contributed by atoms with Crippen LogP contribution in [0.2, 0.25) is 0 Å². The largest absolute Gasteiger partial charge is 0.249 e. The number of sulfonamides is 1. The van der Waals surface area contributed by atoms with Gasteiger partial charge in [-0.2, -0.15) is 0 Å². The molecule has 1 atom stereocenters. The van der Waals surface area contributed by atoms with Crippen LogP contribution in [0.1, 0.15) is 23.4 Å². The Morgan fingerprint density at radius 2 is 2.20 bits per heavy atom. The molecule has 0 aliphatic carbocycles. The maximum atomic E-state index is 12.2. The van der Waals surface area contributed by atoms with Crippen molar-refractivity contribution in [3.63, 3.8) is 0 Å². The van der Waals surface area contributed by atoms with E-state index in [1.54, 1.807) is 24.4 Å². The monoisotopic (exact) mass is 374 g/mol. The Morgan fingerprint density at radius 3 is 2.80 bits per heavy atom. The molecule has 1 unspecified atom stereocenters. The number of nitrogens with one attached hydrogen (secondary N) is 1. The van der Waals surface area contributed by atoms with E-state index in [2.05, 4.69) is 25.6 Å². The summed E-state index contributed by atoms with van der Waals surface area (Å²) in [5.41, 5.74) is 0.890. The number of thiazole rings is 1. The highest BCUT2D eigenvalue weighted by Crippen LogP contribution is 2.21. The van der Waals surface area contributed by atoms with E-state index in [4.69, 9.17) is 0 Å². The average molecular weight is 375 g/mol. The summed E-state index contributed by atoms with van der Waals surface area (Å²) in [6, 6.07) is 4.99. The molecule has 1 N–H and O–H groups in total. The molecule has 0 aliphatic rings. The summed E-state index contributed by atoms with van der Waals surface area (Å²) in [5, 5.41) is 2.82. The molecule has 0 fully saturated rings. The zero-order valence-electron chi connectivity index (χ0n) is 11.1. The summed E-state index contributed by atoms with van der Waals surface area (Å²) in [6.07, 6.45) is 1.73. The van der Waals surface area contributed by atoms with Gasteiger partial charge in [-0.3, -0.25) is 0 Å². The highest BCUT2D eigenvalue weighted by Gasteiger charge is 2.17. The lowest BCUT2D eigenvalue weighted by Crippen LogP contribution is -2.27. The molecule has 1 aromatic carbocycles. The molecule has 0 saturated heterocycles. The molecular formula is C13H15BrN2O2S2. The van der Waals surface area contributed by atoms with E-state index in [1.165, 1.54) is 11.3 Å². The van der Waals surface area contributed by atoms with Crippen LogP contribution in [0.3, 0.4) is 0 Å². The number of rotatable bonds is 5. The zero-order valence-corrected chi connectivity index (χ0v) is 14.3. The van der Waals surface area contributed by atoms with Gasteiger partial charge in [-0.15, -0.1) is 11.3 Å². The third-order valence-corrected chi connectivity index (χ3v) is 6.21. The van der Waals surface area contributed by atoms with Gasteiger partial charge in [0.1, 0.15) is 0 Å². The summed E-state index contributed by atoms with van der Waals surface area (Å²) in [5.74, 6) is 0.0568. The fourth-order valence-corrected chi connectivity index (χ4v) is 3.83. The first kappa shape index (κ1) is 15.6. The highest BCUT2D eigenvalue weighted by atomic mass is 79.9. The van der Waals surface area contributed by atoms with Gasteiger partial charge in [0.2, 0.25) is 10.0 Å². The molecule has 2 aromatic rings. The summed E-state index contributed by atoms with van der Waals surface area (Å²) in [4.78, 5) is 4.47. The van der Waals surface area contributed by atoms with Crippen LogP contribution in [-0.2, 0) is 10.0 Å². The number of benzene rings is 1. The molecular weight excluding hydrogens is 360 g/mol. The van der Waals surface area contributed by atoms with Crippen molar-refractivity contribution in [3.05, 3.63) is 44.8 Å². The first-order valence-corrected chi connectivity index (χ1v) is 9.21. The van der Waals surface area contributed by atoms with Gasteiger partial charge in [0, 0.05) is 28.5 Å². The molecule has 0 bridgehead atoms. The number of aryl methyl sites for hydroxylation is 1. The molecule has 4 nitrogen and oxygen atoms in total. The minimum Gasteiger partial charge on any atom is -0.249 e. The van der Waals surface area contributed by atoms with Crippen molar-refractivity contribution in [2.75, 3.05) is 6.54 Å². The fourth-order valence-electron chi connectivity index (χ4n) is 1.67. The van der Waals surface area contributed by atoms with Gasteiger partial charge in [-0.25, -0.2) is 18.1 Å². The van der Waals surface area contributed by atoms with Crippen LogP contribution in [0, 0.1) is 6.92 Å². The number of aromatic nitrogens is 1. The van der Waals surface area contributed by atoms with Crippen LogP contribution in [0.4, 0.5) is 0 Å². The van der Waals surface area contributed by atoms with Crippen molar-refractivity contribution in [3.8, 4) is 0 Å². The lowest BCUT2D eigenvalue weighted by molar-refractivity contribution is 0.574. The van der Waals surface area contributed by atoms with E-state index in [1.807, 2.05) is 19.2 Å². The summed E-state index contributed by atoms with van der Waals surface area (Å²) < 4.78 is 28.0. The molecule has 0 aliphatic heterocycles. The predicted octanol–water partition coefficient (Wildman–Crippen LogP) is 3.30. The number of halogens is 1. The highest BCUT2D eigenvalue weighted by molar-refractivity contribution is 9.10. The van der Waals surface area contributed by atoms with Crippen LogP contribution >= 0.6 is 27.3 Å². The van der Waals surface area contributed by atoms with Crippen LogP contribution in [0.5, 0.6) is 0 Å². The Kier molecular flexibility index (Phi) is 4.95. The molecule has 108 valence electrons. The van der Waals surface area contributed by atoms with Crippen molar-refractivity contribution in [1.29, 1.82) is 0 Å². The third-order valence-electron chi connectivity index (χ3n) is 2.89. The standard InChI is InChI=1S/C13H15BrN2O2S2/c1-9-7-11(3-4-12(9)14)20(17,18)16-8-10(2)13-15-5-6-19-13/h3-7,10,16H,8H2,1-2H3. The second kappa shape index (κ2) is 6.34. The van der Waals surface area contributed by atoms with Crippen LogP contribution in [0.25, 0.3) is 0 Å². The van der Waals surface area contributed by atoms with Crippen LogP contribution in [-0.4, -0.2) is 19.9 Å². The number of nitrogens with zero attached hydrogens (tertiary/aromatic N) is 1. The predicted molar refractivity (Wildman–Crippen MR) is 84.6 cm³/mol. The van der Waals surface area contributed by atoms with Crippen LogP contribution in [0.15, 0.2) is 39.1 Å². The van der Waals surface area contributed by atoms with E-state index >= 15 is 0 Å². The van der Waals surface area contributed by atoms with E-state index < -0.39 is 10.0 Å². The second-order valence-corrected chi connectivity index (χ2v) is 8.08. The van der Waals surface area contributed by atoms with Gasteiger partial charge in [-0.05, 0) is 30.7 Å². The number of hydrogen-bond acceptors (Lipinski definition) is 4. The molecule has 1 heterocycles. The van der Waals surface area contributed by atoms with Gasteiger partial charge in [0.15, 0.2) is 0 Å². The minimum absolute atomic E-state index is 0.0568. The van der Waals surface area contributed by atoms with Crippen LogP contribution < -0.4 is 4.72 Å². The fraction of sp³-hybridized carbons (Fsp3) is 0.308. The molecule has 20 heavy (non-hydrogen) atoms. The van der Waals surface area contributed by atoms with Crippen molar-refractivity contribution in [2.24, 2.45) is 0 Å². The first-order valence-electron chi connectivity index (χ1n) is 6.05. The molecule has 7 heteroatoms. The quantitative estimate of drug-likeness (QED) is 0.873. The normalized spacial score (nSPS) is 13.3. The second-order valence-electron chi connectivity index (χ2n) is 4.53. The first-order chi connectivity index (χ1) is 9.40. The maximum absolute atomic E-state index is 12.2. The molecule has 1 aromatic heterocycles. The van der Waals surface area contributed by atoms with Gasteiger partial charge >= 0.3 is 0 Å². The van der Waals surface area contributed by atoms with Crippen molar-refractivity contribution in [1.82, 2.24) is 9.71 Å². The summed E-state index contributed by atoms with van der Waals surface area (Å²) in [6.45, 7) is 4.15. The lowest BCUT2D eigenvalue weighted by Gasteiger charge is -2.11. The molecule has 0 radical (unpaired) electrons. The van der Waals surface area contributed by atoms with E-state index in [0.717, 1.165) is 15.0 Å². The van der Waals surface area contributed by atoms with E-state index in [0.29, 0.717) is 6.54 Å². The smallest absolute Gasteiger partial charge is 0.240 e. The van der Waals surface area contributed by atoms with Crippen molar-refractivity contribution >= 4 is 37.3 Å². The molecule has 2 rings (SSSR count). The Hall–Kier alpha value is -0.760. The SMILES string of the molecule is Cc1cc(S(=O)(=O)NCC(C)c2nccs2)ccc1Br. The van der Waals surface area contributed by atoms with Gasteiger partial charge in [-0.1, -0.05) is 22.9 Å². The molecule has 0 amide bonds. The van der Waals surface area contributed by atoms with Gasteiger partial charge in [0.25, 0.3) is 0 Å². The Morgan fingerprint density at radius 1 is 1.45 bits per heavy atom. The Labute approximate surface area is 131 Å². The van der Waals surface area contributed by atoms with E-state index in [-0.39, 0.29) is 10.8 Å². The van der Waals surface area contributed by atoms with Gasteiger partial charge in [0.05, 0.1) is 9.90 Å².